The zero-order valence-electron chi connectivity index (χ0n) is 13.0. The third-order valence-electron chi connectivity index (χ3n) is 3.34. The fourth-order valence-electron chi connectivity index (χ4n) is 2.31. The summed E-state index contributed by atoms with van der Waals surface area (Å²) in [6.07, 6.45) is -1.76. The van der Waals surface area contributed by atoms with Crippen molar-refractivity contribution in [3.63, 3.8) is 0 Å². The number of alkyl halides is 3. The lowest BCUT2D eigenvalue weighted by Gasteiger charge is -2.11. The zero-order valence-corrected chi connectivity index (χ0v) is 14.6. The molecule has 8 heteroatoms. The second-order valence-corrected chi connectivity index (χ2v) is 6.16. The molecule has 1 N–H and O–H groups in total. The van der Waals surface area contributed by atoms with Gasteiger partial charge in [-0.25, -0.2) is 15.0 Å². The number of rotatable bonds is 3. The topological polar surface area (TPSA) is 50.7 Å². The molecule has 2 aromatic heterocycles. The Bertz CT molecular complexity index is 912. The first-order valence-corrected chi connectivity index (χ1v) is 8.01. The molecule has 0 aliphatic carbocycles. The van der Waals surface area contributed by atoms with Crippen molar-refractivity contribution in [2.45, 2.75) is 13.1 Å². The van der Waals surface area contributed by atoms with E-state index in [1.54, 1.807) is 6.20 Å². The highest BCUT2D eigenvalue weighted by Gasteiger charge is 2.32. The predicted molar refractivity (Wildman–Crippen MR) is 92.4 cm³/mol. The average Bonchev–Trinajstić information content (AvgIpc) is 2.54. The number of pyridine rings is 1. The zero-order chi connectivity index (χ0) is 18.0. The van der Waals surface area contributed by atoms with Gasteiger partial charge in [0.25, 0.3) is 0 Å². The average molecular weight is 409 g/mol. The molecule has 3 aromatic rings. The Morgan fingerprint density at radius 2 is 1.72 bits per heavy atom. The number of halogens is 4. The molecule has 0 bridgehead atoms. The highest BCUT2D eigenvalue weighted by atomic mass is 79.9. The van der Waals surface area contributed by atoms with E-state index in [0.717, 1.165) is 29.0 Å². The summed E-state index contributed by atoms with van der Waals surface area (Å²) in [7, 11) is 0. The first-order chi connectivity index (χ1) is 11.8. The SMILES string of the molecule is Cc1cc(Nc2nccc(C(F)(F)F)n2)cc(-c2ccnc(Br)c2)c1. The van der Waals surface area contributed by atoms with Crippen molar-refractivity contribution < 1.29 is 13.2 Å². The van der Waals surface area contributed by atoms with Crippen LogP contribution in [0.2, 0.25) is 0 Å². The minimum atomic E-state index is -4.51. The first-order valence-electron chi connectivity index (χ1n) is 7.22. The van der Waals surface area contributed by atoms with Gasteiger partial charge in [-0.1, -0.05) is 6.07 Å². The van der Waals surface area contributed by atoms with E-state index in [9.17, 15) is 13.2 Å². The normalized spacial score (nSPS) is 11.4. The summed E-state index contributed by atoms with van der Waals surface area (Å²) in [4.78, 5) is 11.5. The molecule has 0 atom stereocenters. The van der Waals surface area contributed by atoms with Crippen LogP contribution in [0.5, 0.6) is 0 Å². The van der Waals surface area contributed by atoms with Crippen molar-refractivity contribution in [1.82, 2.24) is 15.0 Å². The lowest BCUT2D eigenvalue weighted by molar-refractivity contribution is -0.141. The molecule has 0 spiro atoms. The second-order valence-electron chi connectivity index (χ2n) is 5.34. The number of nitrogens with one attached hydrogen (secondary N) is 1. The Morgan fingerprint density at radius 3 is 2.44 bits per heavy atom. The third kappa shape index (κ3) is 4.33. The van der Waals surface area contributed by atoms with Crippen molar-refractivity contribution in [2.75, 3.05) is 5.32 Å². The van der Waals surface area contributed by atoms with E-state index in [1.165, 1.54) is 0 Å². The Balaban J connectivity index is 1.94. The number of nitrogens with zero attached hydrogens (tertiary/aromatic N) is 3. The van der Waals surface area contributed by atoms with E-state index < -0.39 is 11.9 Å². The molecule has 25 heavy (non-hydrogen) atoms. The molecular weight excluding hydrogens is 397 g/mol. The van der Waals surface area contributed by atoms with Gasteiger partial charge in [-0.15, -0.1) is 0 Å². The minimum absolute atomic E-state index is 0.109. The van der Waals surface area contributed by atoms with Gasteiger partial charge in [0.15, 0.2) is 0 Å². The maximum Gasteiger partial charge on any atom is 0.433 e. The lowest BCUT2D eigenvalue weighted by Crippen LogP contribution is -2.10. The fraction of sp³-hybridized carbons (Fsp3) is 0.118. The third-order valence-corrected chi connectivity index (χ3v) is 3.77. The summed E-state index contributed by atoms with van der Waals surface area (Å²) >= 11 is 3.32. The molecule has 0 unspecified atom stereocenters. The van der Waals surface area contributed by atoms with Crippen LogP contribution in [0.4, 0.5) is 24.8 Å². The van der Waals surface area contributed by atoms with Gasteiger partial charge in [-0.3, -0.25) is 0 Å². The maximum absolute atomic E-state index is 12.8. The standard InChI is InChI=1S/C17H12BrF3N4/c1-10-6-12(11-2-4-22-15(18)9-11)8-13(7-10)24-16-23-5-3-14(25-16)17(19,20)21/h2-9H,1H3,(H,23,24,25). The fourth-order valence-corrected chi connectivity index (χ4v) is 2.67. The molecule has 0 saturated carbocycles. The number of benzene rings is 1. The molecular formula is C17H12BrF3N4. The Hall–Kier alpha value is -2.48. The van der Waals surface area contributed by atoms with Crippen LogP contribution in [-0.4, -0.2) is 15.0 Å². The molecule has 1 aromatic carbocycles. The Morgan fingerprint density at radius 1 is 0.960 bits per heavy atom. The molecule has 0 amide bonds. The van der Waals surface area contributed by atoms with Gasteiger partial charge < -0.3 is 5.32 Å². The number of aromatic nitrogens is 3. The molecule has 4 nitrogen and oxygen atoms in total. The maximum atomic E-state index is 12.8. The molecule has 3 rings (SSSR count). The van der Waals surface area contributed by atoms with Crippen molar-refractivity contribution in [1.29, 1.82) is 0 Å². The van der Waals surface area contributed by atoms with Gasteiger partial charge in [0, 0.05) is 18.1 Å². The van der Waals surface area contributed by atoms with E-state index in [-0.39, 0.29) is 5.95 Å². The van der Waals surface area contributed by atoms with Gasteiger partial charge in [0.05, 0.1) is 0 Å². The highest BCUT2D eigenvalue weighted by Crippen LogP contribution is 2.29. The summed E-state index contributed by atoms with van der Waals surface area (Å²) in [5.74, 6) is -0.109. The first kappa shape index (κ1) is 17.3. The minimum Gasteiger partial charge on any atom is -0.324 e. The van der Waals surface area contributed by atoms with Crippen LogP contribution in [0.1, 0.15) is 11.3 Å². The number of hydrogen-bond donors (Lipinski definition) is 1. The van der Waals surface area contributed by atoms with Gasteiger partial charge >= 0.3 is 6.18 Å². The number of anilines is 2. The van der Waals surface area contributed by atoms with Gasteiger partial charge in [-0.2, -0.15) is 13.2 Å². The Labute approximate surface area is 150 Å². The monoisotopic (exact) mass is 408 g/mol. The largest absolute Gasteiger partial charge is 0.433 e. The molecule has 128 valence electrons. The van der Waals surface area contributed by atoms with Crippen LogP contribution in [0.3, 0.4) is 0 Å². The summed E-state index contributed by atoms with van der Waals surface area (Å²) in [5, 5.41) is 2.83. The highest BCUT2D eigenvalue weighted by molar-refractivity contribution is 9.10. The van der Waals surface area contributed by atoms with Crippen molar-refractivity contribution in [3.05, 3.63) is 64.7 Å². The predicted octanol–water partition coefficient (Wildman–Crippen LogP) is 5.37. The van der Waals surface area contributed by atoms with Crippen LogP contribution in [-0.2, 0) is 6.18 Å². The van der Waals surface area contributed by atoms with E-state index >= 15 is 0 Å². The second kappa shape index (κ2) is 6.79. The summed E-state index contributed by atoms with van der Waals surface area (Å²) < 4.78 is 39.0. The molecule has 0 aliphatic heterocycles. The van der Waals surface area contributed by atoms with Crippen LogP contribution in [0.25, 0.3) is 11.1 Å². The smallest absolute Gasteiger partial charge is 0.324 e. The molecule has 0 fully saturated rings. The number of aryl methyl sites for hydroxylation is 1. The summed E-state index contributed by atoms with van der Waals surface area (Å²) in [6, 6.07) is 10.1. The molecule has 2 heterocycles. The lowest BCUT2D eigenvalue weighted by atomic mass is 10.0. The molecule has 0 radical (unpaired) electrons. The van der Waals surface area contributed by atoms with Crippen molar-refractivity contribution >= 4 is 27.6 Å². The molecule has 0 aliphatic rings. The Kier molecular flexibility index (Phi) is 4.71. The van der Waals surface area contributed by atoms with Crippen LogP contribution in [0.15, 0.2) is 53.4 Å². The van der Waals surface area contributed by atoms with Crippen LogP contribution >= 0.6 is 15.9 Å². The van der Waals surface area contributed by atoms with E-state index in [0.29, 0.717) is 10.3 Å². The number of hydrogen-bond acceptors (Lipinski definition) is 4. The van der Waals surface area contributed by atoms with E-state index in [1.807, 2.05) is 37.3 Å². The van der Waals surface area contributed by atoms with Crippen LogP contribution in [0, 0.1) is 6.92 Å². The molecule has 0 saturated heterocycles. The van der Waals surface area contributed by atoms with Gasteiger partial charge in [0.1, 0.15) is 10.3 Å². The van der Waals surface area contributed by atoms with Crippen LogP contribution < -0.4 is 5.32 Å². The van der Waals surface area contributed by atoms with Crippen molar-refractivity contribution in [3.8, 4) is 11.1 Å². The van der Waals surface area contributed by atoms with Gasteiger partial charge in [0.2, 0.25) is 5.95 Å². The quantitative estimate of drug-likeness (QED) is 0.591. The summed E-state index contributed by atoms with van der Waals surface area (Å²) in [6.45, 7) is 1.90. The van der Waals surface area contributed by atoms with Gasteiger partial charge in [-0.05, 0) is 69.9 Å². The van der Waals surface area contributed by atoms with E-state index in [2.05, 4.69) is 36.2 Å². The van der Waals surface area contributed by atoms with Crippen molar-refractivity contribution in [2.24, 2.45) is 0 Å². The summed E-state index contributed by atoms with van der Waals surface area (Å²) in [5.41, 5.74) is 2.38. The van der Waals surface area contributed by atoms with E-state index in [4.69, 9.17) is 0 Å².